The number of imide groups is 1. The van der Waals surface area contributed by atoms with Crippen molar-refractivity contribution in [1.82, 2.24) is 4.90 Å². The fourth-order valence-electron chi connectivity index (χ4n) is 1.91. The van der Waals surface area contributed by atoms with Crippen molar-refractivity contribution in [3.63, 3.8) is 0 Å². The van der Waals surface area contributed by atoms with Gasteiger partial charge < -0.3 is 9.47 Å². The zero-order valence-electron chi connectivity index (χ0n) is 10.6. The zero-order chi connectivity index (χ0) is 14.0. The number of nitrogens with zero attached hydrogens (tertiary/aromatic N) is 1. The Bertz CT molecular complexity index is 552. The number of hydrogen-bond donors (Lipinski definition) is 0. The van der Waals surface area contributed by atoms with Gasteiger partial charge in [-0.05, 0) is 18.2 Å². The van der Waals surface area contributed by atoms with Gasteiger partial charge in [-0.25, -0.2) is 0 Å². The summed E-state index contributed by atoms with van der Waals surface area (Å²) in [5.74, 6) is -0.766. The van der Waals surface area contributed by atoms with Crippen LogP contribution in [0.2, 0.25) is 0 Å². The molecular weight excluding hydrogens is 250 g/mol. The van der Waals surface area contributed by atoms with E-state index in [1.807, 2.05) is 0 Å². The van der Waals surface area contributed by atoms with Crippen molar-refractivity contribution in [2.75, 3.05) is 20.8 Å². The van der Waals surface area contributed by atoms with E-state index in [0.29, 0.717) is 16.9 Å². The summed E-state index contributed by atoms with van der Waals surface area (Å²) in [5, 5.41) is 0. The van der Waals surface area contributed by atoms with Crippen LogP contribution in [0.5, 0.6) is 5.75 Å². The van der Waals surface area contributed by atoms with Crippen LogP contribution in [0.25, 0.3) is 0 Å². The summed E-state index contributed by atoms with van der Waals surface area (Å²) < 4.78 is 9.50. The average Bonchev–Trinajstić information content (AvgIpc) is 2.68. The largest absolute Gasteiger partial charge is 0.497 e. The molecule has 1 aliphatic rings. The number of esters is 1. The molecule has 6 nitrogen and oxygen atoms in total. The van der Waals surface area contributed by atoms with Crippen molar-refractivity contribution in [2.24, 2.45) is 0 Å². The highest BCUT2D eigenvalue weighted by Gasteiger charge is 2.35. The number of amides is 2. The highest BCUT2D eigenvalue weighted by atomic mass is 16.5. The minimum Gasteiger partial charge on any atom is -0.497 e. The van der Waals surface area contributed by atoms with E-state index in [1.165, 1.54) is 20.3 Å². The quantitative estimate of drug-likeness (QED) is 0.595. The van der Waals surface area contributed by atoms with Gasteiger partial charge in [0.1, 0.15) is 5.75 Å². The summed E-state index contributed by atoms with van der Waals surface area (Å²) in [7, 11) is 2.74. The molecule has 1 heterocycles. The van der Waals surface area contributed by atoms with Crippen molar-refractivity contribution in [3.05, 3.63) is 29.3 Å². The van der Waals surface area contributed by atoms with Crippen LogP contribution in [0.15, 0.2) is 18.2 Å². The first-order chi connectivity index (χ1) is 9.08. The van der Waals surface area contributed by atoms with Crippen molar-refractivity contribution >= 4 is 17.8 Å². The van der Waals surface area contributed by atoms with Gasteiger partial charge in [-0.15, -0.1) is 0 Å². The number of fused-ring (bicyclic) bond motifs is 1. The lowest BCUT2D eigenvalue weighted by Gasteiger charge is -2.12. The molecule has 0 aliphatic carbocycles. The molecule has 0 aromatic heterocycles. The summed E-state index contributed by atoms with van der Waals surface area (Å²) in [4.78, 5) is 36.2. The van der Waals surface area contributed by atoms with E-state index in [4.69, 9.17) is 4.74 Å². The van der Waals surface area contributed by atoms with Crippen LogP contribution in [0, 0.1) is 0 Å². The Labute approximate surface area is 109 Å². The van der Waals surface area contributed by atoms with Gasteiger partial charge in [-0.1, -0.05) is 0 Å². The predicted molar refractivity (Wildman–Crippen MR) is 65.0 cm³/mol. The van der Waals surface area contributed by atoms with Gasteiger partial charge in [-0.3, -0.25) is 19.3 Å². The second kappa shape index (κ2) is 5.09. The summed E-state index contributed by atoms with van der Waals surface area (Å²) >= 11 is 0. The third-order valence-electron chi connectivity index (χ3n) is 2.95. The van der Waals surface area contributed by atoms with Crippen molar-refractivity contribution in [1.29, 1.82) is 0 Å². The molecule has 1 aromatic rings. The molecule has 0 atom stereocenters. The number of hydrogen-bond acceptors (Lipinski definition) is 5. The topological polar surface area (TPSA) is 72.9 Å². The first kappa shape index (κ1) is 13.1. The molecule has 1 aliphatic heterocycles. The monoisotopic (exact) mass is 263 g/mol. The normalized spacial score (nSPS) is 13.5. The molecule has 0 saturated carbocycles. The minimum absolute atomic E-state index is 0.0148. The van der Waals surface area contributed by atoms with Crippen LogP contribution in [0.4, 0.5) is 0 Å². The molecule has 0 radical (unpaired) electrons. The molecule has 1 aromatic carbocycles. The van der Waals surface area contributed by atoms with Crippen LogP contribution in [-0.2, 0) is 9.53 Å². The summed E-state index contributed by atoms with van der Waals surface area (Å²) in [6.45, 7) is 0.0152. The standard InChI is InChI=1S/C13H13NO5/c1-18-8-3-4-9-10(7-8)13(17)14(12(9)16)6-5-11(15)19-2/h3-4,7H,5-6H2,1-2H3. The Hall–Kier alpha value is -2.37. The van der Waals surface area contributed by atoms with Gasteiger partial charge in [-0.2, -0.15) is 0 Å². The van der Waals surface area contributed by atoms with Gasteiger partial charge in [0.25, 0.3) is 11.8 Å². The van der Waals surface area contributed by atoms with Crippen LogP contribution in [-0.4, -0.2) is 43.4 Å². The van der Waals surface area contributed by atoms with Crippen molar-refractivity contribution in [3.8, 4) is 5.75 Å². The number of carbonyl (C=O) groups is 3. The van der Waals surface area contributed by atoms with Gasteiger partial charge in [0.15, 0.2) is 0 Å². The average molecular weight is 263 g/mol. The minimum atomic E-state index is -0.464. The Kier molecular flexibility index (Phi) is 3.50. The molecule has 2 rings (SSSR count). The summed E-state index contributed by atoms with van der Waals surface area (Å²) in [6, 6.07) is 4.69. The fourth-order valence-corrected chi connectivity index (χ4v) is 1.91. The molecular formula is C13H13NO5. The second-order valence-electron chi connectivity index (χ2n) is 4.00. The summed E-state index contributed by atoms with van der Waals surface area (Å²) in [5.41, 5.74) is 0.630. The van der Waals surface area contributed by atoms with Crippen molar-refractivity contribution < 1.29 is 23.9 Å². The highest BCUT2D eigenvalue weighted by Crippen LogP contribution is 2.26. The Balaban J connectivity index is 2.21. The molecule has 0 unspecified atom stereocenters. The predicted octanol–water partition coefficient (Wildman–Crippen LogP) is 0.854. The van der Waals surface area contributed by atoms with E-state index in [1.54, 1.807) is 12.1 Å². The lowest BCUT2D eigenvalue weighted by atomic mass is 10.1. The Morgan fingerprint density at radius 2 is 1.84 bits per heavy atom. The van der Waals surface area contributed by atoms with E-state index < -0.39 is 17.8 Å². The first-order valence-electron chi connectivity index (χ1n) is 5.69. The van der Waals surface area contributed by atoms with E-state index in [9.17, 15) is 14.4 Å². The third-order valence-corrected chi connectivity index (χ3v) is 2.95. The van der Waals surface area contributed by atoms with Crippen LogP contribution >= 0.6 is 0 Å². The lowest BCUT2D eigenvalue weighted by molar-refractivity contribution is -0.140. The molecule has 0 saturated heterocycles. The first-order valence-corrected chi connectivity index (χ1v) is 5.69. The molecule has 19 heavy (non-hydrogen) atoms. The maximum absolute atomic E-state index is 12.1. The number of methoxy groups -OCH3 is 2. The Morgan fingerprint density at radius 1 is 1.16 bits per heavy atom. The number of carbonyl (C=O) groups excluding carboxylic acids is 3. The van der Waals surface area contributed by atoms with Crippen LogP contribution in [0.1, 0.15) is 27.1 Å². The number of rotatable bonds is 4. The van der Waals surface area contributed by atoms with Gasteiger partial charge in [0.05, 0.1) is 31.8 Å². The van der Waals surface area contributed by atoms with Crippen LogP contribution in [0.3, 0.4) is 0 Å². The zero-order valence-corrected chi connectivity index (χ0v) is 10.6. The van der Waals surface area contributed by atoms with Gasteiger partial charge >= 0.3 is 5.97 Å². The molecule has 0 N–H and O–H groups in total. The smallest absolute Gasteiger partial charge is 0.307 e. The molecule has 6 heteroatoms. The molecule has 0 spiro atoms. The Morgan fingerprint density at radius 3 is 2.47 bits per heavy atom. The maximum atomic E-state index is 12.1. The van der Waals surface area contributed by atoms with E-state index in [0.717, 1.165) is 4.90 Å². The van der Waals surface area contributed by atoms with E-state index >= 15 is 0 Å². The van der Waals surface area contributed by atoms with Crippen molar-refractivity contribution in [2.45, 2.75) is 6.42 Å². The maximum Gasteiger partial charge on any atom is 0.307 e. The number of benzene rings is 1. The highest BCUT2D eigenvalue weighted by molar-refractivity contribution is 6.21. The summed E-state index contributed by atoms with van der Waals surface area (Å²) in [6.07, 6.45) is -0.0148. The third kappa shape index (κ3) is 2.29. The van der Waals surface area contributed by atoms with E-state index in [-0.39, 0.29) is 13.0 Å². The SMILES string of the molecule is COC(=O)CCN1C(=O)c2ccc(OC)cc2C1=O. The molecule has 100 valence electrons. The van der Waals surface area contributed by atoms with Crippen LogP contribution < -0.4 is 4.74 Å². The molecule has 0 fully saturated rings. The second-order valence-corrected chi connectivity index (χ2v) is 4.00. The molecule has 2 amide bonds. The van der Waals surface area contributed by atoms with Gasteiger partial charge in [0, 0.05) is 6.54 Å². The lowest BCUT2D eigenvalue weighted by Crippen LogP contribution is -2.32. The van der Waals surface area contributed by atoms with Gasteiger partial charge in [0.2, 0.25) is 0 Å². The molecule has 0 bridgehead atoms. The van der Waals surface area contributed by atoms with E-state index in [2.05, 4.69) is 4.74 Å². The fraction of sp³-hybridized carbons (Fsp3) is 0.308. The number of ether oxygens (including phenoxy) is 2.